The lowest BCUT2D eigenvalue weighted by molar-refractivity contribution is 0.219. The summed E-state index contributed by atoms with van der Waals surface area (Å²) in [4.78, 5) is -0.273. The van der Waals surface area contributed by atoms with Gasteiger partial charge in [0.25, 0.3) is 0 Å². The normalized spacial score (nSPS) is 20.1. The molecule has 0 bridgehead atoms. The maximum absolute atomic E-state index is 14.8. The van der Waals surface area contributed by atoms with Gasteiger partial charge in [-0.15, -0.1) is 0 Å². The Morgan fingerprint density at radius 2 is 1.73 bits per heavy atom. The molecule has 0 unspecified atom stereocenters. The second-order valence-electron chi connectivity index (χ2n) is 11.3. The van der Waals surface area contributed by atoms with Crippen molar-refractivity contribution in [2.45, 2.75) is 43.9 Å². The second-order valence-corrected chi connectivity index (χ2v) is 13.2. The van der Waals surface area contributed by atoms with E-state index >= 15 is 0 Å². The maximum atomic E-state index is 14.8. The number of rotatable bonds is 9. The topological polar surface area (TPSA) is 55.2 Å². The van der Waals surface area contributed by atoms with E-state index in [0.717, 1.165) is 48.2 Å². The Morgan fingerprint density at radius 3 is 2.49 bits per heavy atom. The van der Waals surface area contributed by atoms with Crippen molar-refractivity contribution in [1.82, 2.24) is 14.1 Å². The number of nitrogens with zero attached hydrogens (tertiary/aromatic N) is 3. The van der Waals surface area contributed by atoms with Crippen LogP contribution in [-0.4, -0.2) is 35.6 Å². The highest BCUT2D eigenvalue weighted by Gasteiger charge is 2.47. The van der Waals surface area contributed by atoms with Crippen molar-refractivity contribution in [3.8, 4) is 5.69 Å². The van der Waals surface area contributed by atoms with E-state index < -0.39 is 15.8 Å². The van der Waals surface area contributed by atoms with Crippen molar-refractivity contribution in [2.24, 2.45) is 11.3 Å². The summed E-state index contributed by atoms with van der Waals surface area (Å²) in [5, 5.41) is 4.60. The van der Waals surface area contributed by atoms with Gasteiger partial charge in [-0.2, -0.15) is 9.40 Å². The molecule has 0 aliphatic heterocycles. The molecular weight excluding hydrogens is 540 g/mol. The number of benzene rings is 3. The highest BCUT2D eigenvalue weighted by atomic mass is 32.2. The Bertz CT molecular complexity index is 1680. The van der Waals surface area contributed by atoms with Crippen molar-refractivity contribution < 1.29 is 17.2 Å². The summed E-state index contributed by atoms with van der Waals surface area (Å²) in [6.45, 7) is 2.85. The van der Waals surface area contributed by atoms with Gasteiger partial charge in [-0.1, -0.05) is 55.0 Å². The Labute approximate surface area is 240 Å². The second kappa shape index (κ2) is 11.0. The third kappa shape index (κ3) is 5.26. The van der Waals surface area contributed by atoms with Crippen molar-refractivity contribution in [1.29, 1.82) is 0 Å². The number of allylic oxidation sites excluding steroid dienone is 1. The molecule has 1 fully saturated rings. The molecule has 2 aliphatic rings. The van der Waals surface area contributed by atoms with Crippen LogP contribution in [0.1, 0.15) is 43.0 Å². The Balaban J connectivity index is 1.27. The van der Waals surface area contributed by atoms with Gasteiger partial charge in [0.2, 0.25) is 10.0 Å². The lowest BCUT2D eigenvalue weighted by Gasteiger charge is -2.38. The van der Waals surface area contributed by atoms with Gasteiger partial charge in [0, 0.05) is 13.1 Å². The van der Waals surface area contributed by atoms with Crippen LogP contribution in [0.3, 0.4) is 0 Å². The molecule has 8 heteroatoms. The van der Waals surface area contributed by atoms with Crippen molar-refractivity contribution in [3.63, 3.8) is 0 Å². The molecular formula is C33H33F2N3O2S. The van der Waals surface area contributed by atoms with Gasteiger partial charge in [0.15, 0.2) is 0 Å². The minimum atomic E-state index is -4.04. The summed E-state index contributed by atoms with van der Waals surface area (Å²) in [5.41, 5.74) is 5.04. The molecule has 0 spiro atoms. The van der Waals surface area contributed by atoms with Crippen LogP contribution < -0.4 is 0 Å². The molecule has 1 aromatic heterocycles. The lowest BCUT2D eigenvalue weighted by Crippen LogP contribution is -2.41. The van der Waals surface area contributed by atoms with Crippen LogP contribution in [0.25, 0.3) is 11.8 Å². The van der Waals surface area contributed by atoms with E-state index in [-0.39, 0.29) is 22.0 Å². The molecule has 6 rings (SSSR count). The highest BCUT2D eigenvalue weighted by Crippen LogP contribution is 2.53. The number of fused-ring (bicyclic) bond motifs is 2. The average Bonchev–Trinajstić information content (AvgIpc) is 3.51. The summed E-state index contributed by atoms with van der Waals surface area (Å²) in [6.07, 6.45) is 7.85. The predicted octanol–water partition coefficient (Wildman–Crippen LogP) is 6.83. The third-order valence-corrected chi connectivity index (χ3v) is 10.7. The van der Waals surface area contributed by atoms with Gasteiger partial charge < -0.3 is 0 Å². The molecule has 0 radical (unpaired) electrons. The van der Waals surface area contributed by atoms with E-state index in [1.807, 2.05) is 41.2 Å². The zero-order valence-electron chi connectivity index (χ0n) is 23.0. The fourth-order valence-corrected chi connectivity index (χ4v) is 8.06. The van der Waals surface area contributed by atoms with E-state index in [9.17, 15) is 17.2 Å². The molecule has 212 valence electrons. The van der Waals surface area contributed by atoms with Crippen LogP contribution in [-0.2, 0) is 22.9 Å². The zero-order valence-corrected chi connectivity index (χ0v) is 23.8. The largest absolute Gasteiger partial charge is 0.245 e. The van der Waals surface area contributed by atoms with Crippen LogP contribution >= 0.6 is 0 Å². The monoisotopic (exact) mass is 573 g/mol. The van der Waals surface area contributed by atoms with Crippen molar-refractivity contribution in [2.75, 3.05) is 13.1 Å². The lowest BCUT2D eigenvalue weighted by atomic mass is 9.70. The summed E-state index contributed by atoms with van der Waals surface area (Å²) >= 11 is 0. The van der Waals surface area contributed by atoms with Crippen LogP contribution in [0, 0.1) is 23.0 Å². The standard InChI is InChI=1S/C33H33F2N3O2S/c1-33-21-25-22-36-38(29-17-15-28(34)16-18-29)31(25)20-26(33)13-14-27(33)23-37(19-7-10-24-8-3-2-4-9-24)41(39,40)32-12-6-5-11-30(32)35/h2-6,8-9,11-12,15-18,20,22,27H,7,10,13-14,19,21,23H2,1H3/t27-,33+/m1/s1. The van der Waals surface area contributed by atoms with Crippen LogP contribution in [0.4, 0.5) is 8.78 Å². The molecule has 1 heterocycles. The third-order valence-electron chi connectivity index (χ3n) is 8.82. The first kappa shape index (κ1) is 27.5. The number of hydrogen-bond acceptors (Lipinski definition) is 3. The van der Waals surface area contributed by atoms with Gasteiger partial charge in [-0.3, -0.25) is 0 Å². The summed E-state index contributed by atoms with van der Waals surface area (Å²) in [7, 11) is -4.04. The fraction of sp³-hybridized carbons (Fsp3) is 0.303. The summed E-state index contributed by atoms with van der Waals surface area (Å²) < 4.78 is 59.4. The molecule has 4 aromatic rings. The Hall–Kier alpha value is -3.62. The first-order chi connectivity index (χ1) is 19.8. The average molecular weight is 574 g/mol. The Kier molecular flexibility index (Phi) is 7.38. The van der Waals surface area contributed by atoms with Gasteiger partial charge in [0.05, 0.1) is 17.6 Å². The van der Waals surface area contributed by atoms with E-state index in [2.05, 4.69) is 18.1 Å². The summed E-state index contributed by atoms with van der Waals surface area (Å²) in [6, 6.07) is 21.9. The van der Waals surface area contributed by atoms with Gasteiger partial charge in [-0.25, -0.2) is 21.9 Å². The molecule has 2 aliphatic carbocycles. The van der Waals surface area contributed by atoms with E-state index in [1.165, 1.54) is 40.2 Å². The SMILES string of the molecule is C[C@]12Cc3cnn(-c4ccc(F)cc4)c3C=C1CC[C@@H]2CN(CCCc1ccccc1)S(=O)(=O)c1ccccc1F. The molecule has 0 amide bonds. The minimum Gasteiger partial charge on any atom is -0.233 e. The molecule has 3 aromatic carbocycles. The molecule has 41 heavy (non-hydrogen) atoms. The number of hydrogen-bond donors (Lipinski definition) is 0. The molecule has 5 nitrogen and oxygen atoms in total. The van der Waals surface area contributed by atoms with Crippen molar-refractivity contribution in [3.05, 3.63) is 119 Å². The molecule has 0 saturated heterocycles. The van der Waals surface area contributed by atoms with Crippen molar-refractivity contribution >= 4 is 16.1 Å². The molecule has 1 saturated carbocycles. The van der Waals surface area contributed by atoms with Gasteiger partial charge >= 0.3 is 0 Å². The smallest absolute Gasteiger partial charge is 0.233 e. The minimum absolute atomic E-state index is 0.0642. The van der Waals surface area contributed by atoms with Crippen LogP contribution in [0.5, 0.6) is 0 Å². The summed E-state index contributed by atoms with van der Waals surface area (Å²) in [5.74, 6) is -0.957. The Morgan fingerprint density at radius 1 is 1.00 bits per heavy atom. The zero-order chi connectivity index (χ0) is 28.6. The number of halogens is 2. The predicted molar refractivity (Wildman–Crippen MR) is 156 cm³/mol. The number of aryl methyl sites for hydroxylation is 1. The van der Waals surface area contributed by atoms with E-state index in [4.69, 9.17) is 0 Å². The van der Waals surface area contributed by atoms with E-state index in [0.29, 0.717) is 19.5 Å². The van der Waals surface area contributed by atoms with Crippen LogP contribution in [0.15, 0.2) is 95.5 Å². The number of sulfonamides is 1. The highest BCUT2D eigenvalue weighted by molar-refractivity contribution is 7.89. The fourth-order valence-electron chi connectivity index (χ4n) is 6.47. The molecule has 2 atom stereocenters. The van der Waals surface area contributed by atoms with Gasteiger partial charge in [0.1, 0.15) is 16.5 Å². The van der Waals surface area contributed by atoms with E-state index in [1.54, 1.807) is 18.2 Å². The quantitative estimate of drug-likeness (QED) is 0.221. The first-order valence-corrected chi connectivity index (χ1v) is 15.5. The van der Waals surface area contributed by atoms with Crippen LogP contribution in [0.2, 0.25) is 0 Å². The maximum Gasteiger partial charge on any atom is 0.245 e. The molecule has 0 N–H and O–H groups in total. The first-order valence-electron chi connectivity index (χ1n) is 14.1. The van der Waals surface area contributed by atoms with Gasteiger partial charge in [-0.05, 0) is 97.0 Å². The number of aromatic nitrogens is 2.